The van der Waals surface area contributed by atoms with Crippen LogP contribution in [0.3, 0.4) is 0 Å². The molecular formula is C24H21N3O5S. The topological polar surface area (TPSA) is 91.1 Å². The van der Waals surface area contributed by atoms with E-state index < -0.39 is 5.56 Å². The van der Waals surface area contributed by atoms with E-state index in [1.165, 1.54) is 15.3 Å². The third-order valence-corrected chi connectivity index (χ3v) is 5.34. The highest BCUT2D eigenvalue weighted by atomic mass is 32.1. The van der Waals surface area contributed by atoms with Gasteiger partial charge >= 0.3 is 0 Å². The van der Waals surface area contributed by atoms with E-state index in [-0.39, 0.29) is 22.8 Å². The number of benzene rings is 2. The van der Waals surface area contributed by atoms with E-state index in [4.69, 9.17) is 26.1 Å². The molecule has 0 amide bonds. The lowest BCUT2D eigenvalue weighted by Gasteiger charge is -2.17. The van der Waals surface area contributed by atoms with Gasteiger partial charge in [0.1, 0.15) is 22.8 Å². The van der Waals surface area contributed by atoms with Crippen molar-refractivity contribution in [1.82, 2.24) is 9.13 Å². The van der Waals surface area contributed by atoms with Gasteiger partial charge in [-0.1, -0.05) is 0 Å². The number of hydrogen-bond acceptors (Lipinski definition) is 7. The predicted molar refractivity (Wildman–Crippen MR) is 127 cm³/mol. The average molecular weight is 464 g/mol. The molecule has 4 rings (SSSR count). The van der Waals surface area contributed by atoms with Crippen LogP contribution in [0, 0.1) is 4.77 Å². The fourth-order valence-electron chi connectivity index (χ4n) is 3.28. The number of rotatable bonds is 7. The number of aromatic nitrogens is 2. The first-order chi connectivity index (χ1) is 16.0. The number of furan rings is 1. The monoisotopic (exact) mass is 463 g/mol. The van der Waals surface area contributed by atoms with Crippen LogP contribution in [0.4, 0.5) is 0 Å². The first kappa shape index (κ1) is 22.1. The number of ether oxygens (including phenoxy) is 2. The quantitative estimate of drug-likeness (QED) is 0.325. The van der Waals surface area contributed by atoms with Crippen molar-refractivity contribution in [3.8, 4) is 28.8 Å². The minimum atomic E-state index is -0.504. The zero-order chi connectivity index (χ0) is 23.4. The lowest BCUT2D eigenvalue weighted by Crippen LogP contribution is -2.27. The summed E-state index contributed by atoms with van der Waals surface area (Å²) in [4.78, 5) is 17.7. The molecule has 0 aliphatic heterocycles. The third kappa shape index (κ3) is 4.44. The Morgan fingerprint density at radius 1 is 0.970 bits per heavy atom. The highest BCUT2D eigenvalue weighted by Gasteiger charge is 2.18. The summed E-state index contributed by atoms with van der Waals surface area (Å²) in [5.41, 5.74) is 0.562. The van der Waals surface area contributed by atoms with Gasteiger partial charge in [0.15, 0.2) is 4.77 Å². The highest BCUT2D eigenvalue weighted by molar-refractivity contribution is 7.71. The van der Waals surface area contributed by atoms with Crippen molar-refractivity contribution in [2.24, 2.45) is 4.99 Å². The molecule has 0 aliphatic rings. The van der Waals surface area contributed by atoms with Crippen molar-refractivity contribution in [3.63, 3.8) is 0 Å². The zero-order valence-electron chi connectivity index (χ0n) is 18.0. The second-order valence-corrected chi connectivity index (χ2v) is 7.31. The Kier molecular flexibility index (Phi) is 6.41. The first-order valence-corrected chi connectivity index (χ1v) is 10.4. The van der Waals surface area contributed by atoms with Crippen molar-refractivity contribution in [2.45, 2.75) is 6.54 Å². The Hall–Kier alpha value is -4.11. The van der Waals surface area contributed by atoms with Crippen molar-refractivity contribution in [2.75, 3.05) is 14.2 Å². The summed E-state index contributed by atoms with van der Waals surface area (Å²) in [7, 11) is 3.13. The Morgan fingerprint density at radius 3 is 2.06 bits per heavy atom. The number of aromatic hydroxyl groups is 1. The smallest absolute Gasteiger partial charge is 0.271 e. The molecule has 0 saturated heterocycles. The second-order valence-electron chi connectivity index (χ2n) is 6.94. The number of methoxy groups -OCH3 is 2. The van der Waals surface area contributed by atoms with E-state index in [0.29, 0.717) is 28.6 Å². The van der Waals surface area contributed by atoms with Crippen LogP contribution in [-0.4, -0.2) is 34.7 Å². The molecule has 168 valence electrons. The number of hydrogen-bond donors (Lipinski definition) is 1. The molecule has 33 heavy (non-hydrogen) atoms. The Morgan fingerprint density at radius 2 is 1.55 bits per heavy atom. The Bertz CT molecular complexity index is 1390. The van der Waals surface area contributed by atoms with E-state index in [1.54, 1.807) is 81.1 Å². The van der Waals surface area contributed by atoms with Crippen LogP contribution in [0.1, 0.15) is 11.3 Å². The summed E-state index contributed by atoms with van der Waals surface area (Å²) in [6, 6.07) is 17.4. The fourth-order valence-corrected chi connectivity index (χ4v) is 3.66. The largest absolute Gasteiger partial charge is 0.497 e. The van der Waals surface area contributed by atoms with Crippen LogP contribution in [0.25, 0.3) is 11.4 Å². The number of aliphatic imine (C=N–C) groups is 1. The van der Waals surface area contributed by atoms with Crippen molar-refractivity contribution < 1.29 is 19.0 Å². The van der Waals surface area contributed by atoms with E-state index in [1.807, 2.05) is 0 Å². The summed E-state index contributed by atoms with van der Waals surface area (Å²) in [5.74, 6) is 1.60. The predicted octanol–water partition coefficient (Wildman–Crippen LogP) is 4.29. The first-order valence-electron chi connectivity index (χ1n) is 9.95. The molecule has 0 atom stereocenters. The molecule has 0 bridgehead atoms. The standard InChI is InChI=1S/C24H21N3O5S/c1-30-18-9-5-16(6-10-18)26-22(28)21(15-25-14-20-4-3-13-32-20)23(29)27(24(26)33)17-7-11-19(31-2)12-8-17/h3-13,15,28H,14H2,1-2H3. The molecule has 0 radical (unpaired) electrons. The van der Waals surface area contributed by atoms with Gasteiger partial charge in [-0.3, -0.25) is 18.9 Å². The van der Waals surface area contributed by atoms with Gasteiger partial charge in [0, 0.05) is 6.21 Å². The van der Waals surface area contributed by atoms with E-state index in [2.05, 4.69) is 4.99 Å². The molecule has 0 unspecified atom stereocenters. The number of nitrogens with zero attached hydrogens (tertiary/aromatic N) is 3. The van der Waals surface area contributed by atoms with Crippen LogP contribution < -0.4 is 15.0 Å². The van der Waals surface area contributed by atoms with Crippen LogP contribution >= 0.6 is 12.2 Å². The Balaban J connectivity index is 1.91. The van der Waals surface area contributed by atoms with Crippen LogP contribution in [0.15, 0.2) is 81.1 Å². The van der Waals surface area contributed by atoms with Crippen LogP contribution in [0.5, 0.6) is 17.4 Å². The van der Waals surface area contributed by atoms with Gasteiger partial charge in [-0.05, 0) is 72.9 Å². The van der Waals surface area contributed by atoms with Gasteiger partial charge in [-0.25, -0.2) is 0 Å². The lowest BCUT2D eigenvalue weighted by atomic mass is 10.2. The third-order valence-electron chi connectivity index (χ3n) is 4.98. The van der Waals surface area contributed by atoms with E-state index in [0.717, 1.165) is 0 Å². The minimum absolute atomic E-state index is 0.0122. The molecule has 0 aliphatic carbocycles. The summed E-state index contributed by atoms with van der Waals surface area (Å²) in [6.45, 7) is 0.215. The molecule has 2 heterocycles. The van der Waals surface area contributed by atoms with Crippen LogP contribution in [-0.2, 0) is 6.54 Å². The Labute approximate surface area is 194 Å². The average Bonchev–Trinajstić information content (AvgIpc) is 3.36. The van der Waals surface area contributed by atoms with Gasteiger partial charge in [0.05, 0.1) is 38.4 Å². The molecule has 0 spiro atoms. The van der Waals surface area contributed by atoms with Crippen molar-refractivity contribution >= 4 is 18.4 Å². The molecule has 8 nitrogen and oxygen atoms in total. The summed E-state index contributed by atoms with van der Waals surface area (Å²) < 4.78 is 18.5. The molecule has 4 aromatic rings. The van der Waals surface area contributed by atoms with E-state index >= 15 is 0 Å². The van der Waals surface area contributed by atoms with Gasteiger partial charge in [0.2, 0.25) is 5.88 Å². The van der Waals surface area contributed by atoms with Crippen molar-refractivity contribution in [1.29, 1.82) is 0 Å². The second kappa shape index (κ2) is 9.58. The normalized spacial score (nSPS) is 11.1. The summed E-state index contributed by atoms with van der Waals surface area (Å²) >= 11 is 5.63. The van der Waals surface area contributed by atoms with Gasteiger partial charge in [-0.15, -0.1) is 0 Å². The van der Waals surface area contributed by atoms with Gasteiger partial charge in [0.25, 0.3) is 5.56 Å². The van der Waals surface area contributed by atoms with Gasteiger partial charge < -0.3 is 19.0 Å². The van der Waals surface area contributed by atoms with Crippen molar-refractivity contribution in [3.05, 3.63) is 93.4 Å². The summed E-state index contributed by atoms with van der Waals surface area (Å²) in [6.07, 6.45) is 2.87. The highest BCUT2D eigenvalue weighted by Crippen LogP contribution is 2.24. The molecule has 9 heteroatoms. The zero-order valence-corrected chi connectivity index (χ0v) is 18.8. The minimum Gasteiger partial charge on any atom is -0.497 e. The maximum absolute atomic E-state index is 13.4. The maximum Gasteiger partial charge on any atom is 0.271 e. The molecule has 1 N–H and O–H groups in total. The lowest BCUT2D eigenvalue weighted by molar-refractivity contribution is 0.414. The fraction of sp³-hybridized carbons (Fsp3) is 0.125. The molecular weight excluding hydrogens is 442 g/mol. The van der Waals surface area contributed by atoms with Gasteiger partial charge in [-0.2, -0.15) is 0 Å². The molecule has 2 aromatic carbocycles. The maximum atomic E-state index is 13.4. The molecule has 0 saturated carbocycles. The van der Waals surface area contributed by atoms with Crippen LogP contribution in [0.2, 0.25) is 0 Å². The SMILES string of the molecule is COc1ccc(-n2c(O)c(C=NCc3ccco3)c(=O)n(-c3ccc(OC)cc3)c2=S)cc1. The molecule has 0 fully saturated rings. The van der Waals surface area contributed by atoms with E-state index in [9.17, 15) is 9.90 Å². The summed E-state index contributed by atoms with van der Waals surface area (Å²) in [5, 5.41) is 11.1. The molecule has 2 aromatic heterocycles.